The van der Waals surface area contributed by atoms with E-state index in [-0.39, 0.29) is 5.78 Å². The fraction of sp³-hybridized carbons (Fsp3) is 0.125. The van der Waals surface area contributed by atoms with Crippen molar-refractivity contribution in [1.29, 1.82) is 0 Å². The van der Waals surface area contributed by atoms with Gasteiger partial charge in [-0.1, -0.05) is 30.3 Å². The van der Waals surface area contributed by atoms with Crippen molar-refractivity contribution < 1.29 is 4.79 Å². The molecule has 1 rings (SSSR count). The molecule has 1 nitrogen and oxygen atoms in total. The highest BCUT2D eigenvalue weighted by molar-refractivity contribution is 8.21. The molecule has 0 bridgehead atoms. The molecule has 11 heavy (non-hydrogen) atoms. The van der Waals surface area contributed by atoms with Gasteiger partial charge in [-0.15, -0.1) is 0 Å². The van der Waals surface area contributed by atoms with E-state index in [9.17, 15) is 4.79 Å². The smallest absolute Gasteiger partial charge is 0.173 e. The fourth-order valence-electron chi connectivity index (χ4n) is 0.757. The molecule has 0 saturated carbocycles. The summed E-state index contributed by atoms with van der Waals surface area (Å²) in [5.74, 6) is 0.413. The summed E-state index contributed by atoms with van der Waals surface area (Å²) in [6.07, 6.45) is 0. The van der Waals surface area contributed by atoms with Crippen molar-refractivity contribution in [2.24, 2.45) is 0 Å². The van der Waals surface area contributed by atoms with Gasteiger partial charge >= 0.3 is 0 Å². The van der Waals surface area contributed by atoms with Crippen molar-refractivity contribution >= 4 is 27.4 Å². The van der Waals surface area contributed by atoms with Gasteiger partial charge in [0.2, 0.25) is 0 Å². The summed E-state index contributed by atoms with van der Waals surface area (Å²) in [6.45, 7) is 0. The standard InChI is InChI=1S/C8H7ClOS/c9-11-6-8(10)7-4-2-1-3-5-7/h1-5H,6H2. The molecule has 0 amide bonds. The number of hydrogen-bond acceptors (Lipinski definition) is 2. The van der Waals surface area contributed by atoms with Crippen molar-refractivity contribution in [3.05, 3.63) is 35.9 Å². The Kier molecular flexibility index (Phi) is 3.46. The van der Waals surface area contributed by atoms with Crippen molar-refractivity contribution in [3.8, 4) is 0 Å². The third-order valence-corrected chi connectivity index (χ3v) is 1.98. The first-order valence-corrected chi connectivity index (χ1v) is 4.97. The van der Waals surface area contributed by atoms with E-state index in [0.29, 0.717) is 5.75 Å². The van der Waals surface area contributed by atoms with E-state index in [4.69, 9.17) is 10.7 Å². The molecule has 0 unspecified atom stereocenters. The molecule has 1 aromatic carbocycles. The van der Waals surface area contributed by atoms with E-state index in [2.05, 4.69) is 0 Å². The molecule has 58 valence electrons. The molecule has 0 aliphatic heterocycles. The molecule has 0 aliphatic rings. The molecule has 0 radical (unpaired) electrons. The van der Waals surface area contributed by atoms with Crippen LogP contribution in [0.1, 0.15) is 10.4 Å². The number of carbonyl (C=O) groups excluding carboxylic acids is 1. The Balaban J connectivity index is 2.69. The average Bonchev–Trinajstić information content (AvgIpc) is 2.07. The quantitative estimate of drug-likeness (QED) is 0.676. The molecule has 0 N–H and O–H groups in total. The summed E-state index contributed by atoms with van der Waals surface area (Å²) in [6, 6.07) is 9.13. The van der Waals surface area contributed by atoms with Gasteiger partial charge in [0, 0.05) is 5.56 Å². The van der Waals surface area contributed by atoms with Crippen molar-refractivity contribution in [3.63, 3.8) is 0 Å². The van der Waals surface area contributed by atoms with Gasteiger partial charge in [-0.05, 0) is 21.7 Å². The first-order chi connectivity index (χ1) is 5.34. The molecule has 0 atom stereocenters. The molecule has 3 heteroatoms. The number of carbonyl (C=O) groups is 1. The first kappa shape index (κ1) is 8.62. The van der Waals surface area contributed by atoms with Gasteiger partial charge in [0.25, 0.3) is 0 Å². The van der Waals surface area contributed by atoms with Crippen LogP contribution in [-0.2, 0) is 0 Å². The minimum atomic E-state index is 0.0746. The SMILES string of the molecule is O=C(CSCl)c1ccccc1. The van der Waals surface area contributed by atoms with Crippen molar-refractivity contribution in [2.45, 2.75) is 0 Å². The Hall–Kier alpha value is -0.470. The lowest BCUT2D eigenvalue weighted by Crippen LogP contribution is -1.99. The second-order valence-corrected chi connectivity index (χ2v) is 3.20. The fourth-order valence-corrected chi connectivity index (χ4v) is 1.32. The Morgan fingerprint density at radius 3 is 2.55 bits per heavy atom. The largest absolute Gasteiger partial charge is 0.293 e. The molecule has 0 saturated heterocycles. The van der Waals surface area contributed by atoms with E-state index < -0.39 is 0 Å². The molecule has 1 aromatic rings. The van der Waals surface area contributed by atoms with E-state index >= 15 is 0 Å². The lowest BCUT2D eigenvalue weighted by atomic mass is 10.2. The number of rotatable bonds is 3. The highest BCUT2D eigenvalue weighted by Gasteiger charge is 2.02. The normalized spacial score (nSPS) is 9.55. The molecule has 0 spiro atoms. The summed E-state index contributed by atoms with van der Waals surface area (Å²) in [5, 5.41) is 0. The summed E-state index contributed by atoms with van der Waals surface area (Å²) < 4.78 is 0. The number of ketones is 1. The van der Waals surface area contributed by atoms with Crippen LogP contribution < -0.4 is 0 Å². The van der Waals surface area contributed by atoms with Crippen molar-refractivity contribution in [1.82, 2.24) is 0 Å². The number of hydrogen-bond donors (Lipinski definition) is 0. The Labute approximate surface area is 74.3 Å². The van der Waals surface area contributed by atoms with Crippen LogP contribution in [0.4, 0.5) is 0 Å². The monoisotopic (exact) mass is 186 g/mol. The van der Waals surface area contributed by atoms with E-state index in [1.165, 1.54) is 0 Å². The van der Waals surface area contributed by atoms with Crippen LogP contribution in [0.15, 0.2) is 30.3 Å². The summed E-state index contributed by atoms with van der Waals surface area (Å²) in [5.41, 5.74) is 0.723. The van der Waals surface area contributed by atoms with Crippen LogP contribution in [0, 0.1) is 0 Å². The maximum Gasteiger partial charge on any atom is 0.173 e. The molecule has 0 aliphatic carbocycles. The van der Waals surface area contributed by atoms with E-state index in [0.717, 1.165) is 16.5 Å². The highest BCUT2D eigenvalue weighted by Crippen LogP contribution is 2.09. The van der Waals surface area contributed by atoms with E-state index in [1.807, 2.05) is 18.2 Å². The number of Topliss-reactive ketones (excluding diaryl/α,β-unsaturated/α-hetero) is 1. The predicted molar refractivity (Wildman–Crippen MR) is 49.1 cm³/mol. The van der Waals surface area contributed by atoms with Gasteiger partial charge < -0.3 is 0 Å². The lowest BCUT2D eigenvalue weighted by molar-refractivity contribution is 0.102. The maximum atomic E-state index is 11.1. The third-order valence-electron chi connectivity index (χ3n) is 1.28. The second kappa shape index (κ2) is 4.42. The van der Waals surface area contributed by atoms with Crippen LogP contribution in [0.5, 0.6) is 0 Å². The van der Waals surface area contributed by atoms with Gasteiger partial charge in [0.15, 0.2) is 5.78 Å². The maximum absolute atomic E-state index is 11.1. The van der Waals surface area contributed by atoms with Gasteiger partial charge in [-0.25, -0.2) is 0 Å². The van der Waals surface area contributed by atoms with Gasteiger partial charge in [-0.3, -0.25) is 4.79 Å². The number of halogens is 1. The zero-order valence-electron chi connectivity index (χ0n) is 5.79. The van der Waals surface area contributed by atoms with Crippen LogP contribution in [0.3, 0.4) is 0 Å². The molecular weight excluding hydrogens is 180 g/mol. The molecular formula is C8H7ClOS. The predicted octanol–water partition coefficient (Wildman–Crippen LogP) is 2.76. The second-order valence-electron chi connectivity index (χ2n) is 2.04. The zero-order chi connectivity index (χ0) is 8.10. The average molecular weight is 187 g/mol. The Morgan fingerprint density at radius 1 is 1.36 bits per heavy atom. The summed E-state index contributed by atoms with van der Waals surface area (Å²) in [7, 11) is 6.37. The van der Waals surface area contributed by atoms with Crippen LogP contribution in [0.25, 0.3) is 0 Å². The topological polar surface area (TPSA) is 17.1 Å². The molecule has 0 fully saturated rings. The van der Waals surface area contributed by atoms with Gasteiger partial charge in [0.1, 0.15) is 0 Å². The summed E-state index contributed by atoms with van der Waals surface area (Å²) in [4.78, 5) is 11.1. The summed E-state index contributed by atoms with van der Waals surface area (Å²) >= 11 is 0. The lowest BCUT2D eigenvalue weighted by Gasteiger charge is -1.94. The van der Waals surface area contributed by atoms with Gasteiger partial charge in [0.05, 0.1) is 5.75 Å². The minimum Gasteiger partial charge on any atom is -0.293 e. The van der Waals surface area contributed by atoms with E-state index in [1.54, 1.807) is 12.1 Å². The zero-order valence-corrected chi connectivity index (χ0v) is 7.36. The number of benzene rings is 1. The molecule has 0 aromatic heterocycles. The van der Waals surface area contributed by atoms with Gasteiger partial charge in [-0.2, -0.15) is 0 Å². The highest BCUT2D eigenvalue weighted by atomic mass is 35.7. The van der Waals surface area contributed by atoms with Crippen LogP contribution >= 0.6 is 21.7 Å². The Bertz CT molecular complexity index is 235. The van der Waals surface area contributed by atoms with Crippen LogP contribution in [-0.4, -0.2) is 11.5 Å². The third kappa shape index (κ3) is 2.56. The van der Waals surface area contributed by atoms with Crippen molar-refractivity contribution in [2.75, 3.05) is 5.75 Å². The Morgan fingerprint density at radius 2 is 2.00 bits per heavy atom. The van der Waals surface area contributed by atoms with Crippen LogP contribution in [0.2, 0.25) is 0 Å². The minimum absolute atomic E-state index is 0.0746. The first-order valence-electron chi connectivity index (χ1n) is 3.16. The molecule has 0 heterocycles.